The smallest absolute Gasteiger partial charge is 0.387 e. The van der Waals surface area contributed by atoms with Gasteiger partial charge in [-0.2, -0.15) is 8.78 Å². The molecular weight excluding hydrogens is 404 g/mol. The maximum Gasteiger partial charge on any atom is 0.387 e. The van der Waals surface area contributed by atoms with Gasteiger partial charge in [0.1, 0.15) is 0 Å². The molecule has 0 aliphatic carbocycles. The summed E-state index contributed by atoms with van der Waals surface area (Å²) < 4.78 is 40.4. The van der Waals surface area contributed by atoms with Gasteiger partial charge in [-0.3, -0.25) is 4.79 Å². The molecule has 3 aromatic carbocycles. The van der Waals surface area contributed by atoms with Crippen molar-refractivity contribution >= 4 is 5.91 Å². The Morgan fingerprint density at radius 2 is 1.61 bits per heavy atom. The van der Waals surface area contributed by atoms with Gasteiger partial charge in [-0.05, 0) is 34.9 Å². The summed E-state index contributed by atoms with van der Waals surface area (Å²) in [5, 5.41) is 2.80. The summed E-state index contributed by atoms with van der Waals surface area (Å²) in [5.41, 5.74) is 3.13. The number of ether oxygens (including phenoxy) is 3. The molecule has 5 nitrogen and oxygen atoms in total. The van der Waals surface area contributed by atoms with Crippen LogP contribution in [0.2, 0.25) is 0 Å². The highest BCUT2D eigenvalue weighted by atomic mass is 19.3. The Bertz CT molecular complexity index is 996. The lowest BCUT2D eigenvalue weighted by atomic mass is 10.1. The fraction of sp³-hybridized carbons (Fsp3) is 0.208. The van der Waals surface area contributed by atoms with Crippen molar-refractivity contribution in [3.8, 4) is 11.5 Å². The van der Waals surface area contributed by atoms with Crippen molar-refractivity contribution in [2.75, 3.05) is 7.11 Å². The van der Waals surface area contributed by atoms with Gasteiger partial charge in [0.25, 0.3) is 5.91 Å². The van der Waals surface area contributed by atoms with Gasteiger partial charge in [-0.25, -0.2) is 0 Å². The molecule has 162 valence electrons. The van der Waals surface area contributed by atoms with E-state index in [-0.39, 0.29) is 23.6 Å². The number of carbonyl (C=O) groups is 1. The monoisotopic (exact) mass is 427 g/mol. The van der Waals surface area contributed by atoms with Gasteiger partial charge in [0.2, 0.25) is 0 Å². The summed E-state index contributed by atoms with van der Waals surface area (Å²) >= 11 is 0. The minimum Gasteiger partial charge on any atom is -0.493 e. The molecule has 0 aliphatic rings. The number of carbonyl (C=O) groups excluding carboxylic acids is 1. The summed E-state index contributed by atoms with van der Waals surface area (Å²) in [4.78, 5) is 12.5. The zero-order valence-corrected chi connectivity index (χ0v) is 17.0. The van der Waals surface area contributed by atoms with Crippen LogP contribution in [0.5, 0.6) is 11.5 Å². The lowest BCUT2D eigenvalue weighted by Crippen LogP contribution is -2.23. The number of methoxy groups -OCH3 is 1. The first-order valence-corrected chi connectivity index (χ1v) is 9.66. The Morgan fingerprint density at radius 3 is 2.32 bits per heavy atom. The molecule has 0 aliphatic heterocycles. The molecule has 0 heterocycles. The Kier molecular flexibility index (Phi) is 7.95. The molecule has 0 unspecified atom stereocenters. The third-order valence-corrected chi connectivity index (χ3v) is 4.57. The molecule has 0 saturated carbocycles. The molecular formula is C24H23F2NO4. The fourth-order valence-corrected chi connectivity index (χ4v) is 3.01. The SMILES string of the molecule is COc1ccc(C(=O)NCc2ccccc2COCc2ccccc2)cc1OC(F)F. The third kappa shape index (κ3) is 6.52. The van der Waals surface area contributed by atoms with Crippen LogP contribution in [0.1, 0.15) is 27.0 Å². The number of benzene rings is 3. The van der Waals surface area contributed by atoms with E-state index in [1.807, 2.05) is 54.6 Å². The van der Waals surface area contributed by atoms with E-state index >= 15 is 0 Å². The first kappa shape index (κ1) is 22.2. The van der Waals surface area contributed by atoms with Crippen LogP contribution < -0.4 is 14.8 Å². The molecule has 1 amide bonds. The van der Waals surface area contributed by atoms with Crippen LogP contribution in [0.4, 0.5) is 8.78 Å². The summed E-state index contributed by atoms with van der Waals surface area (Å²) in [6.45, 7) is -1.87. The number of rotatable bonds is 10. The first-order valence-electron chi connectivity index (χ1n) is 9.66. The van der Waals surface area contributed by atoms with Crippen molar-refractivity contribution in [3.63, 3.8) is 0 Å². The van der Waals surface area contributed by atoms with E-state index in [1.54, 1.807) is 0 Å². The molecule has 1 N–H and O–H groups in total. The van der Waals surface area contributed by atoms with Crippen molar-refractivity contribution in [3.05, 3.63) is 95.1 Å². The van der Waals surface area contributed by atoms with Crippen molar-refractivity contribution < 1.29 is 27.8 Å². The number of hydrogen-bond donors (Lipinski definition) is 1. The van der Waals surface area contributed by atoms with Gasteiger partial charge in [0.15, 0.2) is 11.5 Å². The van der Waals surface area contributed by atoms with Crippen molar-refractivity contribution in [1.29, 1.82) is 0 Å². The Morgan fingerprint density at radius 1 is 0.903 bits per heavy atom. The second kappa shape index (κ2) is 11.1. The number of halogens is 2. The van der Waals surface area contributed by atoms with Crippen LogP contribution in [-0.4, -0.2) is 19.6 Å². The van der Waals surface area contributed by atoms with Gasteiger partial charge in [0.05, 0.1) is 20.3 Å². The van der Waals surface area contributed by atoms with E-state index in [4.69, 9.17) is 9.47 Å². The molecule has 31 heavy (non-hydrogen) atoms. The van der Waals surface area contributed by atoms with Gasteiger partial charge in [-0.15, -0.1) is 0 Å². The summed E-state index contributed by atoms with van der Waals surface area (Å²) in [5.74, 6) is -0.487. The van der Waals surface area contributed by atoms with E-state index in [9.17, 15) is 13.6 Å². The quantitative estimate of drug-likeness (QED) is 0.498. The molecule has 0 aromatic heterocycles. The molecule has 0 bridgehead atoms. The Balaban J connectivity index is 1.61. The van der Waals surface area contributed by atoms with Crippen LogP contribution >= 0.6 is 0 Å². The van der Waals surface area contributed by atoms with E-state index in [0.717, 1.165) is 16.7 Å². The van der Waals surface area contributed by atoms with Gasteiger partial charge >= 0.3 is 6.61 Å². The standard InChI is InChI=1S/C24H23F2NO4/c1-29-21-12-11-18(13-22(21)31-24(25)26)23(28)27-14-19-9-5-6-10-20(19)16-30-15-17-7-3-2-4-8-17/h2-13,24H,14-16H2,1H3,(H,27,28). The molecule has 7 heteroatoms. The number of amides is 1. The number of nitrogens with one attached hydrogen (secondary N) is 1. The molecule has 3 aromatic rings. The molecule has 0 radical (unpaired) electrons. The predicted octanol–water partition coefficient (Wildman–Crippen LogP) is 4.94. The first-order chi connectivity index (χ1) is 15.1. The Hall–Kier alpha value is -3.45. The van der Waals surface area contributed by atoms with E-state index < -0.39 is 12.5 Å². The molecule has 0 fully saturated rings. The topological polar surface area (TPSA) is 56.8 Å². The summed E-state index contributed by atoms with van der Waals surface area (Å²) in [6, 6.07) is 21.6. The number of alkyl halides is 2. The van der Waals surface area contributed by atoms with E-state index in [1.165, 1.54) is 25.3 Å². The lowest BCUT2D eigenvalue weighted by Gasteiger charge is -2.13. The molecule has 0 spiro atoms. The van der Waals surface area contributed by atoms with Crippen LogP contribution in [0.25, 0.3) is 0 Å². The zero-order chi connectivity index (χ0) is 22.1. The Labute approximate surface area is 179 Å². The maximum absolute atomic E-state index is 12.6. The average molecular weight is 427 g/mol. The molecule has 0 atom stereocenters. The maximum atomic E-state index is 12.6. The third-order valence-electron chi connectivity index (χ3n) is 4.57. The van der Waals surface area contributed by atoms with E-state index in [2.05, 4.69) is 10.1 Å². The van der Waals surface area contributed by atoms with Crippen LogP contribution in [0.15, 0.2) is 72.8 Å². The van der Waals surface area contributed by atoms with Gasteiger partial charge in [-0.1, -0.05) is 54.6 Å². The number of hydrogen-bond acceptors (Lipinski definition) is 4. The van der Waals surface area contributed by atoms with Crippen molar-refractivity contribution in [1.82, 2.24) is 5.32 Å². The lowest BCUT2D eigenvalue weighted by molar-refractivity contribution is -0.0512. The van der Waals surface area contributed by atoms with Gasteiger partial charge < -0.3 is 19.5 Å². The second-order valence-electron chi connectivity index (χ2n) is 6.67. The largest absolute Gasteiger partial charge is 0.493 e. The normalized spacial score (nSPS) is 10.7. The zero-order valence-electron chi connectivity index (χ0n) is 17.0. The fourth-order valence-electron chi connectivity index (χ4n) is 3.01. The molecule has 0 saturated heterocycles. The minimum absolute atomic E-state index is 0.123. The summed E-state index contributed by atoms with van der Waals surface area (Å²) in [6.07, 6.45) is 0. The van der Waals surface area contributed by atoms with E-state index in [0.29, 0.717) is 13.2 Å². The predicted molar refractivity (Wildman–Crippen MR) is 112 cm³/mol. The van der Waals surface area contributed by atoms with Crippen molar-refractivity contribution in [2.24, 2.45) is 0 Å². The minimum atomic E-state index is -3.02. The summed E-state index contributed by atoms with van der Waals surface area (Å²) in [7, 11) is 1.34. The highest BCUT2D eigenvalue weighted by Gasteiger charge is 2.15. The average Bonchev–Trinajstić information content (AvgIpc) is 2.78. The highest BCUT2D eigenvalue weighted by Crippen LogP contribution is 2.29. The highest BCUT2D eigenvalue weighted by molar-refractivity contribution is 5.94. The van der Waals surface area contributed by atoms with Crippen LogP contribution in [0.3, 0.4) is 0 Å². The van der Waals surface area contributed by atoms with Crippen molar-refractivity contribution in [2.45, 2.75) is 26.4 Å². The van der Waals surface area contributed by atoms with Crippen LogP contribution in [0, 0.1) is 0 Å². The second-order valence-corrected chi connectivity index (χ2v) is 6.67. The molecule has 3 rings (SSSR count). The van der Waals surface area contributed by atoms with Crippen LogP contribution in [-0.2, 0) is 24.5 Å². The van der Waals surface area contributed by atoms with Gasteiger partial charge in [0, 0.05) is 12.1 Å².